The zero-order valence-corrected chi connectivity index (χ0v) is 14.2. The Hall–Kier alpha value is -0.760. The largest absolute Gasteiger partial charge is 0.377 e. The van der Waals surface area contributed by atoms with Gasteiger partial charge in [-0.05, 0) is 14.0 Å². The van der Waals surface area contributed by atoms with Crippen molar-refractivity contribution in [2.45, 2.75) is 33.0 Å². The van der Waals surface area contributed by atoms with E-state index >= 15 is 0 Å². The minimum absolute atomic E-state index is 0.0188. The Morgan fingerprint density at radius 2 is 1.68 bits per heavy atom. The van der Waals surface area contributed by atoms with Gasteiger partial charge in [0.1, 0.15) is 6.17 Å². The van der Waals surface area contributed by atoms with Gasteiger partial charge in [0.15, 0.2) is 0 Å². The molecule has 0 radical (unpaired) electrons. The molecular weight excluding hydrogens is 291 g/mol. The van der Waals surface area contributed by atoms with Crippen LogP contribution >= 0.6 is 0 Å². The second kappa shape index (κ2) is 13.9. The van der Waals surface area contributed by atoms with Gasteiger partial charge in [0.25, 0.3) is 0 Å². The molecule has 0 aromatic rings. The lowest BCUT2D eigenvalue weighted by molar-refractivity contribution is -0.124. The van der Waals surface area contributed by atoms with E-state index in [1.165, 1.54) is 0 Å². The summed E-state index contributed by atoms with van der Waals surface area (Å²) < 4.78 is 29.3. The van der Waals surface area contributed by atoms with Gasteiger partial charge < -0.3 is 24.8 Å². The normalized spacial score (nSPS) is 14.1. The molecule has 22 heavy (non-hydrogen) atoms. The summed E-state index contributed by atoms with van der Waals surface area (Å²) in [5.74, 6) is -0.293. The predicted molar refractivity (Wildman–Crippen MR) is 83.7 cm³/mol. The van der Waals surface area contributed by atoms with Gasteiger partial charge >= 0.3 is 0 Å². The molecule has 0 aromatic carbocycles. The quantitative estimate of drug-likeness (QED) is 0.462. The van der Waals surface area contributed by atoms with E-state index in [4.69, 9.17) is 14.2 Å². The summed E-state index contributed by atoms with van der Waals surface area (Å²) in [6, 6.07) is 0. The third-order valence-electron chi connectivity index (χ3n) is 2.81. The molecule has 0 bridgehead atoms. The van der Waals surface area contributed by atoms with Crippen molar-refractivity contribution in [1.29, 1.82) is 0 Å². The molecule has 6 nitrogen and oxygen atoms in total. The number of likely N-dealkylation sites (N-methyl/N-ethyl adjacent to an activating group) is 1. The lowest BCUT2D eigenvalue weighted by Gasteiger charge is -2.13. The minimum atomic E-state index is -1.20. The summed E-state index contributed by atoms with van der Waals surface area (Å²) in [5.41, 5.74) is 0. The molecule has 0 spiro atoms. The van der Waals surface area contributed by atoms with Crippen LogP contribution < -0.4 is 10.6 Å². The Labute approximate surface area is 133 Å². The Morgan fingerprint density at radius 1 is 1.05 bits per heavy atom. The fourth-order valence-electron chi connectivity index (χ4n) is 1.56. The summed E-state index contributed by atoms with van der Waals surface area (Å²) >= 11 is 0. The average Bonchev–Trinajstić information content (AvgIpc) is 2.47. The van der Waals surface area contributed by atoms with Crippen molar-refractivity contribution >= 4 is 5.91 Å². The molecule has 0 aromatic heterocycles. The highest BCUT2D eigenvalue weighted by molar-refractivity contribution is 5.77. The number of carbonyl (C=O) groups is 1. The van der Waals surface area contributed by atoms with Crippen LogP contribution in [0.5, 0.6) is 0 Å². The summed E-state index contributed by atoms with van der Waals surface area (Å²) in [7, 11) is 1.88. The van der Waals surface area contributed by atoms with Gasteiger partial charge in [-0.1, -0.05) is 13.8 Å². The average molecular weight is 322 g/mol. The topological polar surface area (TPSA) is 68.8 Å². The van der Waals surface area contributed by atoms with Crippen LogP contribution in [0.15, 0.2) is 0 Å². The standard InChI is InChI=1S/C15H31FN2O4/c1-12(2)15(19)18-10-14(16)11-21-6-5-20-7-8-22-13(3)9-17-4/h12-14,17H,5-11H2,1-4H3,(H,18,19). The maximum absolute atomic E-state index is 13.4. The number of halogens is 1. The van der Waals surface area contributed by atoms with Crippen LogP contribution in [0, 0.1) is 5.92 Å². The van der Waals surface area contributed by atoms with Crippen LogP contribution in [0.3, 0.4) is 0 Å². The first-order chi connectivity index (χ1) is 10.5. The zero-order valence-electron chi connectivity index (χ0n) is 14.2. The molecule has 0 aliphatic heterocycles. The van der Waals surface area contributed by atoms with Crippen LogP contribution in [0.1, 0.15) is 20.8 Å². The Morgan fingerprint density at radius 3 is 2.32 bits per heavy atom. The molecule has 0 saturated carbocycles. The Kier molecular flexibility index (Phi) is 13.4. The fraction of sp³-hybridized carbons (Fsp3) is 0.933. The van der Waals surface area contributed by atoms with Gasteiger partial charge in [-0.25, -0.2) is 4.39 Å². The van der Waals surface area contributed by atoms with E-state index in [2.05, 4.69) is 10.6 Å². The van der Waals surface area contributed by atoms with E-state index in [0.29, 0.717) is 26.4 Å². The summed E-state index contributed by atoms with van der Waals surface area (Å²) in [5, 5.41) is 5.55. The summed E-state index contributed by atoms with van der Waals surface area (Å²) in [4.78, 5) is 11.3. The lowest BCUT2D eigenvalue weighted by Crippen LogP contribution is -2.35. The molecule has 0 rings (SSSR count). The second-order valence-electron chi connectivity index (χ2n) is 5.42. The first-order valence-corrected chi connectivity index (χ1v) is 7.80. The number of ether oxygens (including phenoxy) is 3. The van der Waals surface area contributed by atoms with Crippen molar-refractivity contribution in [3.8, 4) is 0 Å². The number of rotatable bonds is 14. The van der Waals surface area contributed by atoms with Crippen LogP contribution in [0.2, 0.25) is 0 Å². The third-order valence-corrected chi connectivity index (χ3v) is 2.81. The van der Waals surface area contributed by atoms with Gasteiger partial charge in [0.2, 0.25) is 5.91 Å². The maximum Gasteiger partial charge on any atom is 0.222 e. The molecular formula is C15H31FN2O4. The van der Waals surface area contributed by atoms with Crippen molar-refractivity contribution in [3.05, 3.63) is 0 Å². The number of hydrogen-bond donors (Lipinski definition) is 2. The molecule has 0 aliphatic rings. The number of nitrogens with one attached hydrogen (secondary N) is 2. The highest BCUT2D eigenvalue weighted by Gasteiger charge is 2.11. The lowest BCUT2D eigenvalue weighted by atomic mass is 10.2. The van der Waals surface area contributed by atoms with Gasteiger partial charge in [-0.3, -0.25) is 4.79 Å². The molecule has 7 heteroatoms. The van der Waals surface area contributed by atoms with E-state index in [1.807, 2.05) is 14.0 Å². The van der Waals surface area contributed by atoms with Crippen LogP contribution in [0.25, 0.3) is 0 Å². The fourth-order valence-corrected chi connectivity index (χ4v) is 1.56. The number of carbonyl (C=O) groups excluding carboxylic acids is 1. The Bertz CT molecular complexity index is 280. The molecule has 2 unspecified atom stereocenters. The van der Waals surface area contributed by atoms with Crippen molar-refractivity contribution in [2.24, 2.45) is 5.92 Å². The van der Waals surface area contributed by atoms with E-state index < -0.39 is 6.17 Å². The van der Waals surface area contributed by atoms with Crippen LogP contribution in [-0.4, -0.2) is 71.4 Å². The molecule has 0 aliphatic carbocycles. The van der Waals surface area contributed by atoms with Crippen molar-refractivity contribution < 1.29 is 23.4 Å². The smallest absolute Gasteiger partial charge is 0.222 e. The maximum atomic E-state index is 13.4. The highest BCUT2D eigenvalue weighted by atomic mass is 19.1. The molecule has 132 valence electrons. The molecule has 0 fully saturated rings. The molecule has 0 saturated heterocycles. The van der Waals surface area contributed by atoms with E-state index in [0.717, 1.165) is 6.54 Å². The molecule has 1 amide bonds. The SMILES string of the molecule is CNCC(C)OCCOCCOCC(F)CNC(=O)C(C)C. The van der Waals surface area contributed by atoms with E-state index in [1.54, 1.807) is 13.8 Å². The highest BCUT2D eigenvalue weighted by Crippen LogP contribution is 1.95. The molecule has 0 heterocycles. The second-order valence-corrected chi connectivity index (χ2v) is 5.42. The number of alkyl halides is 1. The minimum Gasteiger partial charge on any atom is -0.377 e. The third kappa shape index (κ3) is 12.9. The van der Waals surface area contributed by atoms with Gasteiger partial charge in [-0.15, -0.1) is 0 Å². The number of amides is 1. The van der Waals surface area contributed by atoms with Crippen molar-refractivity contribution in [1.82, 2.24) is 10.6 Å². The summed E-state index contributed by atoms with van der Waals surface area (Å²) in [6.45, 7) is 7.98. The first kappa shape index (κ1) is 21.2. The Balaban J connectivity index is 3.33. The van der Waals surface area contributed by atoms with Gasteiger partial charge in [-0.2, -0.15) is 0 Å². The van der Waals surface area contributed by atoms with E-state index in [9.17, 15) is 9.18 Å². The van der Waals surface area contributed by atoms with Gasteiger partial charge in [0, 0.05) is 12.5 Å². The van der Waals surface area contributed by atoms with Gasteiger partial charge in [0.05, 0.1) is 45.7 Å². The van der Waals surface area contributed by atoms with Crippen LogP contribution in [-0.2, 0) is 19.0 Å². The predicted octanol–water partition coefficient (Wildman–Crippen LogP) is 0.754. The van der Waals surface area contributed by atoms with Crippen LogP contribution in [0.4, 0.5) is 4.39 Å². The number of hydrogen-bond acceptors (Lipinski definition) is 5. The van der Waals surface area contributed by atoms with Crippen molar-refractivity contribution in [2.75, 3.05) is 53.2 Å². The zero-order chi connectivity index (χ0) is 16.8. The molecule has 2 N–H and O–H groups in total. The monoisotopic (exact) mass is 322 g/mol. The molecule has 2 atom stereocenters. The van der Waals surface area contributed by atoms with Crippen molar-refractivity contribution in [3.63, 3.8) is 0 Å². The summed E-state index contributed by atoms with van der Waals surface area (Å²) in [6.07, 6.45) is -1.05. The first-order valence-electron chi connectivity index (χ1n) is 7.80. The van der Waals surface area contributed by atoms with E-state index in [-0.39, 0.29) is 31.1 Å².